The fourth-order valence-electron chi connectivity index (χ4n) is 4.04. The minimum Gasteiger partial charge on any atom is -0.495 e. The monoisotopic (exact) mass is 438 g/mol. The summed E-state index contributed by atoms with van der Waals surface area (Å²) in [6.45, 7) is 0.396. The smallest absolute Gasteiger partial charge is 0.322 e. The van der Waals surface area contributed by atoms with E-state index in [1.165, 1.54) is 0 Å². The maximum Gasteiger partial charge on any atom is 0.322 e. The molecule has 0 saturated carbocycles. The standard InChI is InChI=1S/C22H22N4O4S/c1-25-12-14(11-23-25)18-13-31(28)8-7-26(18)22(27)24-17-10-20-16(9-21(17)29-2)15-5-3-4-6-19(15)30-20/h3-6,9-12,18H,7-8,13H2,1-2H3,(H,24,27). The number of rotatable bonds is 3. The molecule has 0 bridgehead atoms. The lowest BCUT2D eigenvalue weighted by molar-refractivity contribution is 0.195. The third-order valence-electron chi connectivity index (χ3n) is 5.59. The SMILES string of the molecule is COc1cc2c(cc1NC(=O)N1CCS(=O)CC1c1cnn(C)c1)oc1ccccc12. The molecule has 160 valence electrons. The Hall–Kier alpha value is -3.33. The fraction of sp³-hybridized carbons (Fsp3) is 0.273. The zero-order valence-corrected chi connectivity index (χ0v) is 18.0. The van der Waals surface area contributed by atoms with Crippen LogP contribution in [0.5, 0.6) is 5.75 Å². The van der Waals surface area contributed by atoms with Gasteiger partial charge in [0.1, 0.15) is 16.9 Å². The Kier molecular flexibility index (Phi) is 4.90. The van der Waals surface area contributed by atoms with E-state index in [1.54, 1.807) is 29.0 Å². The molecule has 4 aromatic rings. The summed E-state index contributed by atoms with van der Waals surface area (Å²) in [5.74, 6) is 1.38. The second-order valence-corrected chi connectivity index (χ2v) is 9.17. The number of nitrogens with zero attached hydrogens (tertiary/aromatic N) is 3. The van der Waals surface area contributed by atoms with E-state index in [2.05, 4.69) is 10.4 Å². The summed E-state index contributed by atoms with van der Waals surface area (Å²) in [5.41, 5.74) is 2.83. The van der Waals surface area contributed by atoms with Gasteiger partial charge in [-0.3, -0.25) is 8.89 Å². The van der Waals surface area contributed by atoms with Crippen molar-refractivity contribution in [3.05, 3.63) is 54.4 Å². The molecular weight excluding hydrogens is 416 g/mol. The lowest BCUT2D eigenvalue weighted by atomic mass is 10.1. The van der Waals surface area contributed by atoms with Gasteiger partial charge in [0.2, 0.25) is 0 Å². The highest BCUT2D eigenvalue weighted by atomic mass is 32.2. The molecule has 31 heavy (non-hydrogen) atoms. The molecule has 1 saturated heterocycles. The number of furan rings is 1. The van der Waals surface area contributed by atoms with Crippen LogP contribution in [-0.2, 0) is 17.8 Å². The van der Waals surface area contributed by atoms with E-state index in [1.807, 2.05) is 43.6 Å². The summed E-state index contributed by atoms with van der Waals surface area (Å²) in [7, 11) is 2.41. The van der Waals surface area contributed by atoms with Gasteiger partial charge in [0.25, 0.3) is 0 Å². The van der Waals surface area contributed by atoms with E-state index in [9.17, 15) is 9.00 Å². The number of ether oxygens (including phenoxy) is 1. The maximum atomic E-state index is 13.2. The Labute approximate surface area is 181 Å². The van der Waals surface area contributed by atoms with Crippen LogP contribution in [0.3, 0.4) is 0 Å². The molecule has 0 spiro atoms. The van der Waals surface area contributed by atoms with Crippen LogP contribution >= 0.6 is 0 Å². The van der Waals surface area contributed by atoms with Crippen molar-refractivity contribution >= 4 is 44.5 Å². The molecule has 0 radical (unpaired) electrons. The minimum atomic E-state index is -0.977. The van der Waals surface area contributed by atoms with Gasteiger partial charge in [-0.15, -0.1) is 0 Å². The summed E-state index contributed by atoms with van der Waals surface area (Å²) in [5, 5.41) is 9.08. The molecule has 5 rings (SSSR count). The van der Waals surface area contributed by atoms with E-state index >= 15 is 0 Å². The molecule has 2 aromatic heterocycles. The van der Waals surface area contributed by atoms with Crippen molar-refractivity contribution < 1.29 is 18.2 Å². The number of hydrogen-bond donors (Lipinski definition) is 1. The second-order valence-electron chi connectivity index (χ2n) is 7.54. The molecule has 2 atom stereocenters. The highest BCUT2D eigenvalue weighted by Gasteiger charge is 2.32. The van der Waals surface area contributed by atoms with Crippen molar-refractivity contribution in [1.82, 2.24) is 14.7 Å². The molecule has 1 aliphatic rings. The van der Waals surface area contributed by atoms with Gasteiger partial charge in [-0.2, -0.15) is 5.10 Å². The quantitative estimate of drug-likeness (QED) is 0.527. The largest absolute Gasteiger partial charge is 0.495 e. The van der Waals surface area contributed by atoms with Crippen LogP contribution in [0.25, 0.3) is 21.9 Å². The van der Waals surface area contributed by atoms with Crippen molar-refractivity contribution in [2.24, 2.45) is 7.05 Å². The number of fused-ring (bicyclic) bond motifs is 3. The van der Waals surface area contributed by atoms with E-state index in [-0.39, 0.29) is 12.1 Å². The predicted octanol–water partition coefficient (Wildman–Crippen LogP) is 3.67. The van der Waals surface area contributed by atoms with Crippen LogP contribution in [0.15, 0.2) is 53.2 Å². The molecular formula is C22H22N4O4S. The fourth-order valence-corrected chi connectivity index (χ4v) is 5.33. The predicted molar refractivity (Wildman–Crippen MR) is 120 cm³/mol. The molecule has 8 nitrogen and oxygen atoms in total. The topological polar surface area (TPSA) is 89.6 Å². The van der Waals surface area contributed by atoms with Gasteiger partial charge < -0.3 is 19.4 Å². The lowest BCUT2D eigenvalue weighted by Gasteiger charge is -2.34. The first-order valence-electron chi connectivity index (χ1n) is 9.94. The van der Waals surface area contributed by atoms with Crippen LogP contribution in [0.2, 0.25) is 0 Å². The molecule has 2 amide bonds. The van der Waals surface area contributed by atoms with E-state index in [0.29, 0.717) is 35.1 Å². The zero-order valence-electron chi connectivity index (χ0n) is 17.2. The number of hydrogen-bond acceptors (Lipinski definition) is 5. The third kappa shape index (κ3) is 3.54. The summed E-state index contributed by atoms with van der Waals surface area (Å²) in [6, 6.07) is 10.9. The normalized spacial score (nSPS) is 19.1. The number of urea groups is 1. The summed E-state index contributed by atoms with van der Waals surface area (Å²) in [4.78, 5) is 15.0. The number of para-hydroxylation sites is 1. The Bertz CT molecular complexity index is 1310. The third-order valence-corrected chi connectivity index (χ3v) is 6.92. The van der Waals surface area contributed by atoms with Gasteiger partial charge >= 0.3 is 6.03 Å². The second kappa shape index (κ2) is 7.73. The molecule has 9 heteroatoms. The Balaban J connectivity index is 1.48. The van der Waals surface area contributed by atoms with Gasteiger partial charge in [0.05, 0.1) is 25.0 Å². The highest BCUT2D eigenvalue weighted by molar-refractivity contribution is 7.85. The molecule has 1 fully saturated rings. The summed E-state index contributed by atoms with van der Waals surface area (Å²) in [6.07, 6.45) is 3.57. The maximum absolute atomic E-state index is 13.2. The minimum absolute atomic E-state index is 0.278. The zero-order chi connectivity index (χ0) is 21.5. The average Bonchev–Trinajstić information content (AvgIpc) is 3.36. The van der Waals surface area contributed by atoms with Gasteiger partial charge in [-0.25, -0.2) is 4.79 Å². The number of carbonyl (C=O) groups excluding carboxylic acids is 1. The van der Waals surface area contributed by atoms with Crippen molar-refractivity contribution in [3.63, 3.8) is 0 Å². The summed E-state index contributed by atoms with van der Waals surface area (Å²) < 4.78 is 25.4. The Morgan fingerprint density at radius 2 is 2.10 bits per heavy atom. The van der Waals surface area contributed by atoms with Crippen LogP contribution < -0.4 is 10.1 Å². The van der Waals surface area contributed by atoms with Crippen LogP contribution in [0.4, 0.5) is 10.5 Å². The number of nitrogens with one attached hydrogen (secondary N) is 1. The van der Waals surface area contributed by atoms with E-state index in [0.717, 1.165) is 21.9 Å². The average molecular weight is 439 g/mol. The highest BCUT2D eigenvalue weighted by Crippen LogP contribution is 2.37. The molecule has 0 aliphatic carbocycles. The lowest BCUT2D eigenvalue weighted by Crippen LogP contribution is -2.46. The number of methoxy groups -OCH3 is 1. The molecule has 2 unspecified atom stereocenters. The van der Waals surface area contributed by atoms with Crippen molar-refractivity contribution in [1.29, 1.82) is 0 Å². The first-order valence-corrected chi connectivity index (χ1v) is 11.4. The van der Waals surface area contributed by atoms with Gasteiger partial charge in [-0.1, -0.05) is 18.2 Å². The van der Waals surface area contributed by atoms with Gasteiger partial charge in [0.15, 0.2) is 0 Å². The molecule has 1 N–H and O–H groups in total. The van der Waals surface area contributed by atoms with Gasteiger partial charge in [0, 0.05) is 64.5 Å². The molecule has 3 heterocycles. The van der Waals surface area contributed by atoms with Crippen LogP contribution in [0, 0.1) is 0 Å². The van der Waals surface area contributed by atoms with Crippen LogP contribution in [0.1, 0.15) is 11.6 Å². The molecule has 1 aliphatic heterocycles. The number of carbonyl (C=O) groups is 1. The van der Waals surface area contributed by atoms with Crippen molar-refractivity contribution in [3.8, 4) is 5.75 Å². The number of amides is 2. The Morgan fingerprint density at radius 3 is 2.87 bits per heavy atom. The Morgan fingerprint density at radius 1 is 1.26 bits per heavy atom. The number of anilines is 1. The van der Waals surface area contributed by atoms with E-state index in [4.69, 9.17) is 9.15 Å². The first-order chi connectivity index (χ1) is 15.0. The molecule has 2 aromatic carbocycles. The van der Waals surface area contributed by atoms with Crippen LogP contribution in [-0.4, -0.2) is 50.1 Å². The van der Waals surface area contributed by atoms with Crippen molar-refractivity contribution in [2.75, 3.05) is 30.5 Å². The van der Waals surface area contributed by atoms with E-state index < -0.39 is 10.8 Å². The number of benzene rings is 2. The number of aromatic nitrogens is 2. The summed E-state index contributed by atoms with van der Waals surface area (Å²) >= 11 is 0. The number of aryl methyl sites for hydroxylation is 1. The van der Waals surface area contributed by atoms with Gasteiger partial charge in [-0.05, 0) is 12.1 Å². The first kappa shape index (κ1) is 19.6. The van der Waals surface area contributed by atoms with Crippen molar-refractivity contribution in [2.45, 2.75) is 6.04 Å².